The van der Waals surface area contributed by atoms with E-state index in [1.165, 1.54) is 5.56 Å². The van der Waals surface area contributed by atoms with Crippen LogP contribution in [-0.4, -0.2) is 11.1 Å². The number of nitrogens with zero attached hydrogens (tertiary/aromatic N) is 1. The maximum atomic E-state index is 5.66. The van der Waals surface area contributed by atoms with Crippen molar-refractivity contribution in [3.05, 3.63) is 41.3 Å². The minimum absolute atomic E-state index is 0.157. The van der Waals surface area contributed by atoms with Gasteiger partial charge in [-0.15, -0.1) is 0 Å². The third-order valence-corrected chi connectivity index (χ3v) is 3.19. The maximum Gasteiger partial charge on any atom is 0.226 e. The first-order valence-corrected chi connectivity index (χ1v) is 6.85. The van der Waals surface area contributed by atoms with Crippen LogP contribution >= 0.6 is 11.6 Å². The van der Waals surface area contributed by atoms with Crippen LogP contribution in [0.25, 0.3) is 11.5 Å². The third-order valence-electron chi connectivity index (χ3n) is 3.03. The van der Waals surface area contributed by atoms with Gasteiger partial charge in [-0.1, -0.05) is 37.6 Å². The fourth-order valence-electron chi connectivity index (χ4n) is 1.83. The number of aromatic nitrogens is 1. The molecule has 0 N–H and O–H groups in total. The number of ether oxygens (including phenoxy) is 1. The molecule has 0 bridgehead atoms. The van der Waals surface area contributed by atoms with Crippen LogP contribution in [0.2, 0.25) is 0 Å². The lowest BCUT2D eigenvalue weighted by Gasteiger charge is -2.04. The van der Waals surface area contributed by atoms with E-state index in [2.05, 4.69) is 31.0 Å². The Morgan fingerprint density at radius 1 is 1.26 bits per heavy atom. The molecule has 0 aliphatic carbocycles. The van der Waals surface area contributed by atoms with Crippen molar-refractivity contribution in [3.8, 4) is 11.5 Å². The zero-order chi connectivity index (χ0) is 13.8. The predicted octanol–water partition coefficient (Wildman–Crippen LogP) is 4.49. The van der Waals surface area contributed by atoms with E-state index in [0.29, 0.717) is 18.4 Å². The summed E-state index contributed by atoms with van der Waals surface area (Å²) in [5.41, 5.74) is 3.07. The van der Waals surface area contributed by atoms with E-state index >= 15 is 0 Å². The Hall–Kier alpha value is -1.32. The Balaban J connectivity index is 2.21. The molecule has 2 rings (SSSR count). The van der Waals surface area contributed by atoms with Gasteiger partial charge in [-0.3, -0.25) is 0 Å². The number of hydrogen-bond donors (Lipinski definition) is 0. The molecule has 0 spiro atoms. The summed E-state index contributed by atoms with van der Waals surface area (Å²) in [7, 11) is 0. The molecule has 102 valence electrons. The summed E-state index contributed by atoms with van der Waals surface area (Å²) in [6.07, 6.45) is 0. The molecule has 0 aliphatic heterocycles. The second-order valence-electron chi connectivity index (χ2n) is 4.76. The summed E-state index contributed by atoms with van der Waals surface area (Å²) in [6.45, 7) is 6.60. The van der Waals surface area contributed by atoms with Crippen LogP contribution in [0.4, 0.5) is 0 Å². The van der Waals surface area contributed by atoms with Gasteiger partial charge >= 0.3 is 0 Å². The van der Waals surface area contributed by atoms with E-state index in [1.807, 2.05) is 19.1 Å². The number of halogens is 1. The van der Waals surface area contributed by atoms with Crippen molar-refractivity contribution in [1.82, 2.24) is 4.98 Å². The molecule has 1 heterocycles. The minimum atomic E-state index is 0.157. The van der Waals surface area contributed by atoms with E-state index in [0.717, 1.165) is 17.0 Å². The molecule has 0 atom stereocenters. The maximum absolute atomic E-state index is 5.66. The minimum Gasteiger partial charge on any atom is -0.441 e. The lowest BCUT2D eigenvalue weighted by molar-refractivity contribution is 0.161. The largest absolute Gasteiger partial charge is 0.441 e. The number of oxazole rings is 1. The standard InChI is InChI=1S/C15H18ClNO2/c1-10(2)12-4-6-13(7-5-12)15-17-14(8-18-9-16)11(3)19-15/h4-7,10H,8-9H2,1-3H3. The van der Waals surface area contributed by atoms with Crippen molar-refractivity contribution in [1.29, 1.82) is 0 Å². The Morgan fingerprint density at radius 2 is 1.95 bits per heavy atom. The van der Waals surface area contributed by atoms with Crippen molar-refractivity contribution in [3.63, 3.8) is 0 Å². The average molecular weight is 280 g/mol. The van der Waals surface area contributed by atoms with Gasteiger partial charge in [0.25, 0.3) is 0 Å². The Labute approximate surface area is 118 Å². The summed E-state index contributed by atoms with van der Waals surface area (Å²) in [5.74, 6) is 1.92. The van der Waals surface area contributed by atoms with Crippen molar-refractivity contribution >= 4 is 11.6 Å². The molecule has 4 heteroatoms. The highest BCUT2D eigenvalue weighted by molar-refractivity contribution is 6.17. The zero-order valence-electron chi connectivity index (χ0n) is 11.4. The highest BCUT2D eigenvalue weighted by Gasteiger charge is 2.11. The van der Waals surface area contributed by atoms with E-state index in [-0.39, 0.29) is 6.07 Å². The van der Waals surface area contributed by atoms with Crippen molar-refractivity contribution < 1.29 is 9.15 Å². The van der Waals surface area contributed by atoms with Crippen LogP contribution in [-0.2, 0) is 11.3 Å². The molecule has 0 fully saturated rings. The van der Waals surface area contributed by atoms with Gasteiger partial charge in [0.1, 0.15) is 17.5 Å². The van der Waals surface area contributed by atoms with Gasteiger partial charge in [0.15, 0.2) is 0 Å². The molecule has 0 unspecified atom stereocenters. The topological polar surface area (TPSA) is 35.3 Å². The van der Waals surface area contributed by atoms with E-state index in [4.69, 9.17) is 20.8 Å². The number of alkyl halides is 1. The number of aryl methyl sites for hydroxylation is 1. The van der Waals surface area contributed by atoms with Crippen LogP contribution in [0.5, 0.6) is 0 Å². The molecule has 1 aromatic heterocycles. The fourth-order valence-corrected chi connectivity index (χ4v) is 1.91. The lowest BCUT2D eigenvalue weighted by atomic mass is 10.0. The van der Waals surface area contributed by atoms with Crippen LogP contribution in [0.1, 0.15) is 36.8 Å². The first-order valence-electron chi connectivity index (χ1n) is 6.32. The summed E-state index contributed by atoms with van der Waals surface area (Å²) in [5, 5.41) is 0. The van der Waals surface area contributed by atoms with Gasteiger partial charge in [-0.2, -0.15) is 0 Å². The molecule has 0 radical (unpaired) electrons. The molecule has 0 aliphatic rings. The van der Waals surface area contributed by atoms with Crippen molar-refractivity contribution in [2.45, 2.75) is 33.3 Å². The first-order chi connectivity index (χ1) is 9.11. The van der Waals surface area contributed by atoms with Gasteiger partial charge in [0, 0.05) is 5.56 Å². The lowest BCUT2D eigenvalue weighted by Crippen LogP contribution is -1.92. The van der Waals surface area contributed by atoms with Crippen molar-refractivity contribution in [2.24, 2.45) is 0 Å². The first kappa shape index (κ1) is 14.1. The van der Waals surface area contributed by atoms with Crippen molar-refractivity contribution in [2.75, 3.05) is 6.07 Å². The van der Waals surface area contributed by atoms with Gasteiger partial charge in [-0.05, 0) is 30.5 Å². The average Bonchev–Trinajstić information content (AvgIpc) is 2.78. The Bertz CT molecular complexity index is 532. The second kappa shape index (κ2) is 6.22. The van der Waals surface area contributed by atoms with Crippen LogP contribution < -0.4 is 0 Å². The third kappa shape index (κ3) is 3.37. The van der Waals surface area contributed by atoms with Crippen LogP contribution in [0, 0.1) is 6.92 Å². The van der Waals surface area contributed by atoms with Crippen LogP contribution in [0.15, 0.2) is 28.7 Å². The van der Waals surface area contributed by atoms with Crippen LogP contribution in [0.3, 0.4) is 0 Å². The fraction of sp³-hybridized carbons (Fsp3) is 0.400. The smallest absolute Gasteiger partial charge is 0.226 e. The molecule has 0 amide bonds. The molecular weight excluding hydrogens is 262 g/mol. The van der Waals surface area contributed by atoms with Gasteiger partial charge in [0.2, 0.25) is 5.89 Å². The molecule has 2 aromatic rings. The monoisotopic (exact) mass is 279 g/mol. The molecule has 19 heavy (non-hydrogen) atoms. The predicted molar refractivity (Wildman–Crippen MR) is 76.3 cm³/mol. The Morgan fingerprint density at radius 3 is 2.53 bits per heavy atom. The molecule has 0 saturated carbocycles. The number of rotatable bonds is 5. The summed E-state index contributed by atoms with van der Waals surface area (Å²) in [6, 6.07) is 8.44. The second-order valence-corrected chi connectivity index (χ2v) is 4.97. The SMILES string of the molecule is Cc1oc(-c2ccc(C(C)C)cc2)nc1COCCl. The van der Waals surface area contributed by atoms with Gasteiger partial charge < -0.3 is 9.15 Å². The summed E-state index contributed by atoms with van der Waals surface area (Å²) < 4.78 is 10.8. The molecule has 3 nitrogen and oxygen atoms in total. The van der Waals surface area contributed by atoms with E-state index < -0.39 is 0 Å². The summed E-state index contributed by atoms with van der Waals surface area (Å²) in [4.78, 5) is 4.44. The van der Waals surface area contributed by atoms with Gasteiger partial charge in [-0.25, -0.2) is 4.98 Å². The molecule has 1 aromatic carbocycles. The highest BCUT2D eigenvalue weighted by atomic mass is 35.5. The number of hydrogen-bond acceptors (Lipinski definition) is 3. The molecule has 0 saturated heterocycles. The molecular formula is C15H18ClNO2. The van der Waals surface area contributed by atoms with E-state index in [9.17, 15) is 0 Å². The zero-order valence-corrected chi connectivity index (χ0v) is 12.2. The Kier molecular flexibility index (Phi) is 4.61. The highest BCUT2D eigenvalue weighted by Crippen LogP contribution is 2.24. The van der Waals surface area contributed by atoms with Gasteiger partial charge in [0.05, 0.1) is 6.61 Å². The quantitative estimate of drug-likeness (QED) is 0.757. The number of benzene rings is 1. The van der Waals surface area contributed by atoms with E-state index in [1.54, 1.807) is 0 Å². The summed E-state index contributed by atoms with van der Waals surface area (Å²) >= 11 is 5.49. The normalized spacial score (nSPS) is 11.2.